The van der Waals surface area contributed by atoms with Gasteiger partial charge in [-0.1, -0.05) is 11.3 Å². The molecule has 1 amide bonds. The van der Waals surface area contributed by atoms with Crippen LogP contribution in [0.1, 0.15) is 19.3 Å². The normalized spacial score (nSPS) is 29.1. The van der Waals surface area contributed by atoms with Crippen LogP contribution in [-0.4, -0.2) is 16.9 Å². The molecular formula is C16H14FN2O3S-. The van der Waals surface area contributed by atoms with Crippen molar-refractivity contribution in [3.05, 3.63) is 24.0 Å². The van der Waals surface area contributed by atoms with E-state index in [4.69, 9.17) is 0 Å². The number of carboxylic acid groups (broad SMARTS) is 1. The molecule has 4 rings (SSSR count). The van der Waals surface area contributed by atoms with E-state index >= 15 is 0 Å². The third-order valence-electron chi connectivity index (χ3n) is 5.07. The van der Waals surface area contributed by atoms with Gasteiger partial charge in [0.25, 0.3) is 0 Å². The highest BCUT2D eigenvalue weighted by Gasteiger charge is 2.51. The molecule has 2 aliphatic rings. The Bertz CT molecular complexity index is 806. The van der Waals surface area contributed by atoms with Crippen LogP contribution < -0.4 is 10.4 Å². The van der Waals surface area contributed by atoms with Gasteiger partial charge in [0.2, 0.25) is 5.91 Å². The first kappa shape index (κ1) is 14.6. The number of nitrogens with one attached hydrogen (secondary N) is 1. The zero-order valence-electron chi connectivity index (χ0n) is 12.1. The first-order chi connectivity index (χ1) is 11.0. The number of nitrogens with zero attached hydrogens (tertiary/aromatic N) is 1. The molecular weight excluding hydrogens is 319 g/mol. The highest BCUT2D eigenvalue weighted by Crippen LogP contribution is 2.52. The highest BCUT2D eigenvalue weighted by molar-refractivity contribution is 7.22. The predicted octanol–water partition coefficient (Wildman–Crippen LogP) is 1.79. The standard InChI is InChI=1S/C16H15FN2O3S/c17-9-3-4-10-11(6-9)23-16(18-10)19-14(20)12-7-1-2-8(5-7)13(12)15(21)22/h3-4,6-8,12-13H,1-2,5H2,(H,21,22)(H,18,19,20)/p-1/t7-,8-,12-,13-/m1/s1. The molecule has 0 spiro atoms. The second-order valence-corrected chi connectivity index (χ2v) is 7.35. The van der Waals surface area contributed by atoms with Crippen molar-refractivity contribution >= 4 is 38.6 Å². The molecule has 1 aromatic carbocycles. The average Bonchev–Trinajstić information content (AvgIpc) is 3.18. The number of carboxylic acids is 1. The molecule has 4 atom stereocenters. The summed E-state index contributed by atoms with van der Waals surface area (Å²) in [6.07, 6.45) is 2.52. The Kier molecular flexibility index (Phi) is 3.33. The lowest BCUT2D eigenvalue weighted by Gasteiger charge is -2.30. The van der Waals surface area contributed by atoms with Gasteiger partial charge in [-0.3, -0.25) is 4.79 Å². The zero-order valence-corrected chi connectivity index (χ0v) is 12.9. The van der Waals surface area contributed by atoms with Gasteiger partial charge in [0, 0.05) is 17.8 Å². The largest absolute Gasteiger partial charge is 0.550 e. The van der Waals surface area contributed by atoms with E-state index in [-0.39, 0.29) is 23.6 Å². The molecule has 23 heavy (non-hydrogen) atoms. The fourth-order valence-electron chi connectivity index (χ4n) is 4.15. The fraction of sp³-hybridized carbons (Fsp3) is 0.438. The smallest absolute Gasteiger partial charge is 0.230 e. The van der Waals surface area contributed by atoms with Crippen molar-refractivity contribution in [1.82, 2.24) is 4.98 Å². The van der Waals surface area contributed by atoms with Crippen molar-refractivity contribution in [1.29, 1.82) is 0 Å². The van der Waals surface area contributed by atoms with E-state index in [1.807, 2.05) is 0 Å². The molecule has 5 nitrogen and oxygen atoms in total. The monoisotopic (exact) mass is 333 g/mol. The summed E-state index contributed by atoms with van der Waals surface area (Å²) in [5, 5.41) is 14.5. The number of anilines is 1. The molecule has 2 aromatic rings. The Labute approximate surface area is 135 Å². The fourth-order valence-corrected chi connectivity index (χ4v) is 5.04. The van der Waals surface area contributed by atoms with E-state index in [1.165, 1.54) is 23.5 Å². The van der Waals surface area contributed by atoms with Gasteiger partial charge in [0.1, 0.15) is 5.82 Å². The van der Waals surface area contributed by atoms with E-state index in [1.54, 1.807) is 6.07 Å². The number of hydrogen-bond donors (Lipinski definition) is 1. The number of aromatic nitrogens is 1. The first-order valence-electron chi connectivity index (χ1n) is 7.61. The van der Waals surface area contributed by atoms with Crippen LogP contribution in [0.25, 0.3) is 10.2 Å². The summed E-state index contributed by atoms with van der Waals surface area (Å²) >= 11 is 1.18. The summed E-state index contributed by atoms with van der Waals surface area (Å²) in [6.45, 7) is 0. The van der Waals surface area contributed by atoms with Crippen LogP contribution in [0.15, 0.2) is 18.2 Å². The van der Waals surface area contributed by atoms with Gasteiger partial charge >= 0.3 is 0 Å². The number of halogens is 1. The number of carbonyl (C=O) groups is 2. The highest BCUT2D eigenvalue weighted by atomic mass is 32.1. The van der Waals surface area contributed by atoms with Crippen molar-refractivity contribution in [3.8, 4) is 0 Å². The van der Waals surface area contributed by atoms with Gasteiger partial charge < -0.3 is 15.2 Å². The topological polar surface area (TPSA) is 82.1 Å². The Morgan fingerprint density at radius 1 is 1.26 bits per heavy atom. The Morgan fingerprint density at radius 3 is 2.74 bits per heavy atom. The lowest BCUT2D eigenvalue weighted by molar-refractivity contribution is -0.314. The number of rotatable bonds is 3. The van der Waals surface area contributed by atoms with Gasteiger partial charge in [-0.25, -0.2) is 9.37 Å². The summed E-state index contributed by atoms with van der Waals surface area (Å²) in [7, 11) is 0. The van der Waals surface area contributed by atoms with Crippen molar-refractivity contribution in [3.63, 3.8) is 0 Å². The molecule has 2 fully saturated rings. The molecule has 7 heteroatoms. The Balaban J connectivity index is 1.57. The molecule has 0 saturated heterocycles. The van der Waals surface area contributed by atoms with Gasteiger partial charge in [0.05, 0.1) is 10.2 Å². The summed E-state index contributed by atoms with van der Waals surface area (Å²) in [5.74, 6) is -2.91. The molecule has 1 aromatic heterocycles. The number of carbonyl (C=O) groups excluding carboxylic acids is 2. The quantitative estimate of drug-likeness (QED) is 0.928. The third kappa shape index (κ3) is 2.39. The Morgan fingerprint density at radius 2 is 2.00 bits per heavy atom. The van der Waals surface area contributed by atoms with E-state index in [2.05, 4.69) is 10.3 Å². The number of thiazole rings is 1. The molecule has 0 radical (unpaired) electrons. The van der Waals surface area contributed by atoms with Crippen LogP contribution in [0.5, 0.6) is 0 Å². The van der Waals surface area contributed by atoms with Gasteiger partial charge in [0.15, 0.2) is 5.13 Å². The van der Waals surface area contributed by atoms with Crippen LogP contribution in [0.4, 0.5) is 9.52 Å². The second-order valence-electron chi connectivity index (χ2n) is 6.32. The number of fused-ring (bicyclic) bond motifs is 3. The predicted molar refractivity (Wildman–Crippen MR) is 81.0 cm³/mol. The number of benzene rings is 1. The van der Waals surface area contributed by atoms with E-state index in [0.717, 1.165) is 19.3 Å². The zero-order chi connectivity index (χ0) is 16.1. The van der Waals surface area contributed by atoms with Gasteiger partial charge in [-0.2, -0.15) is 0 Å². The average molecular weight is 333 g/mol. The van der Waals surface area contributed by atoms with Gasteiger partial charge in [-0.05, 0) is 49.3 Å². The molecule has 2 bridgehead atoms. The SMILES string of the molecule is O=C([O-])[C@@H]1[C@@H]2CC[C@H](C2)[C@H]1C(=O)Nc1nc2ccc(F)cc2s1. The second kappa shape index (κ2) is 5.26. The molecule has 1 heterocycles. The first-order valence-corrected chi connectivity index (χ1v) is 8.42. The molecule has 120 valence electrons. The van der Waals surface area contributed by atoms with Crippen LogP contribution >= 0.6 is 11.3 Å². The minimum absolute atomic E-state index is 0.0465. The van der Waals surface area contributed by atoms with Crippen molar-refractivity contribution in [2.24, 2.45) is 23.7 Å². The molecule has 2 aliphatic carbocycles. The lowest BCUT2D eigenvalue weighted by atomic mass is 9.79. The number of aliphatic carboxylic acids is 1. The third-order valence-corrected chi connectivity index (χ3v) is 6.01. The summed E-state index contributed by atoms with van der Waals surface area (Å²) in [5.41, 5.74) is 0.607. The molecule has 1 N–H and O–H groups in total. The molecule has 0 unspecified atom stereocenters. The minimum atomic E-state index is -1.14. The van der Waals surface area contributed by atoms with Crippen LogP contribution in [0.3, 0.4) is 0 Å². The van der Waals surface area contributed by atoms with Crippen molar-refractivity contribution < 1.29 is 19.1 Å². The maximum absolute atomic E-state index is 13.2. The van der Waals surface area contributed by atoms with Crippen LogP contribution in [-0.2, 0) is 9.59 Å². The van der Waals surface area contributed by atoms with Crippen molar-refractivity contribution in [2.45, 2.75) is 19.3 Å². The minimum Gasteiger partial charge on any atom is -0.550 e. The molecule has 0 aliphatic heterocycles. The number of hydrogen-bond acceptors (Lipinski definition) is 5. The van der Waals surface area contributed by atoms with Gasteiger partial charge in [-0.15, -0.1) is 0 Å². The van der Waals surface area contributed by atoms with E-state index in [0.29, 0.717) is 15.3 Å². The van der Waals surface area contributed by atoms with E-state index in [9.17, 15) is 19.1 Å². The van der Waals surface area contributed by atoms with E-state index < -0.39 is 17.8 Å². The van der Waals surface area contributed by atoms with Crippen LogP contribution in [0.2, 0.25) is 0 Å². The summed E-state index contributed by atoms with van der Waals surface area (Å²) < 4.78 is 13.9. The maximum atomic E-state index is 13.2. The summed E-state index contributed by atoms with van der Waals surface area (Å²) in [4.78, 5) is 28.2. The Hall–Kier alpha value is -2.02. The van der Waals surface area contributed by atoms with Crippen molar-refractivity contribution in [2.75, 3.05) is 5.32 Å². The van der Waals surface area contributed by atoms with Crippen LogP contribution in [0, 0.1) is 29.5 Å². The molecule has 2 saturated carbocycles. The number of amides is 1. The maximum Gasteiger partial charge on any atom is 0.230 e. The summed E-state index contributed by atoms with van der Waals surface area (Å²) in [6, 6.07) is 4.23. The lowest BCUT2D eigenvalue weighted by Crippen LogP contribution is -2.43.